The van der Waals surface area contributed by atoms with Crippen molar-refractivity contribution in [3.8, 4) is 17.6 Å². The molecule has 13 heavy (non-hydrogen) atoms. The third-order valence-electron chi connectivity index (χ3n) is 1.79. The van der Waals surface area contributed by atoms with E-state index < -0.39 is 0 Å². The molecule has 3 heteroatoms. The molecule has 0 aliphatic heterocycles. The molecule has 0 unspecified atom stereocenters. The van der Waals surface area contributed by atoms with Crippen LogP contribution in [0.1, 0.15) is 11.1 Å². The maximum Gasteiger partial charge on any atom is 0.161 e. The lowest BCUT2D eigenvalue weighted by Crippen LogP contribution is -1.90. The zero-order valence-corrected chi connectivity index (χ0v) is 7.66. The number of phenolic OH excluding ortho intramolecular Hbond substituents is 1. The van der Waals surface area contributed by atoms with Crippen LogP contribution >= 0.6 is 0 Å². The first-order chi connectivity index (χ1) is 6.19. The van der Waals surface area contributed by atoms with E-state index in [1.54, 1.807) is 12.1 Å². The van der Waals surface area contributed by atoms with E-state index in [1.807, 2.05) is 13.0 Å². The molecule has 0 aliphatic rings. The molecule has 0 aromatic heterocycles. The number of hydrogen-bond acceptors (Lipinski definition) is 3. The fourth-order valence-corrected chi connectivity index (χ4v) is 1.19. The molecule has 0 aliphatic carbocycles. The number of ether oxygens (including phenoxy) is 1. The largest absolute Gasteiger partial charge is 0.504 e. The Hall–Kier alpha value is -1.69. The summed E-state index contributed by atoms with van der Waals surface area (Å²) in [6, 6.07) is 5.50. The number of methoxy groups -OCH3 is 1. The Balaban J connectivity index is 3.20. The van der Waals surface area contributed by atoms with Gasteiger partial charge in [-0.05, 0) is 18.6 Å². The van der Waals surface area contributed by atoms with Crippen LogP contribution in [0.4, 0.5) is 0 Å². The summed E-state index contributed by atoms with van der Waals surface area (Å²) in [5, 5.41) is 18.1. The molecule has 1 aromatic rings. The van der Waals surface area contributed by atoms with Crippen molar-refractivity contribution < 1.29 is 9.84 Å². The maximum absolute atomic E-state index is 9.57. The molecular weight excluding hydrogens is 166 g/mol. The first kappa shape index (κ1) is 9.40. The number of hydrogen-bond donors (Lipinski definition) is 1. The van der Waals surface area contributed by atoms with Gasteiger partial charge in [-0.1, -0.05) is 6.07 Å². The van der Waals surface area contributed by atoms with Gasteiger partial charge >= 0.3 is 0 Å². The first-order valence-corrected chi connectivity index (χ1v) is 3.92. The van der Waals surface area contributed by atoms with Crippen LogP contribution in [0.5, 0.6) is 11.5 Å². The minimum atomic E-state index is 0.0645. The van der Waals surface area contributed by atoms with E-state index >= 15 is 0 Å². The quantitative estimate of drug-likeness (QED) is 0.749. The van der Waals surface area contributed by atoms with Crippen LogP contribution in [0.15, 0.2) is 12.1 Å². The van der Waals surface area contributed by atoms with Gasteiger partial charge in [0.05, 0.1) is 19.6 Å². The van der Waals surface area contributed by atoms with Gasteiger partial charge in [-0.25, -0.2) is 0 Å². The average Bonchev–Trinajstić information content (AvgIpc) is 2.11. The molecule has 3 nitrogen and oxygen atoms in total. The fraction of sp³-hybridized carbons (Fsp3) is 0.300. The number of aryl methyl sites for hydroxylation is 1. The van der Waals surface area contributed by atoms with Gasteiger partial charge in [-0.3, -0.25) is 0 Å². The van der Waals surface area contributed by atoms with Crippen molar-refractivity contribution >= 4 is 0 Å². The molecule has 1 aromatic carbocycles. The highest BCUT2D eigenvalue weighted by molar-refractivity contribution is 5.49. The summed E-state index contributed by atoms with van der Waals surface area (Å²) in [5.41, 5.74) is 1.58. The van der Waals surface area contributed by atoms with E-state index in [2.05, 4.69) is 0 Å². The normalized spacial score (nSPS) is 9.31. The standard InChI is InChI=1S/C10H11NO2/c1-7-5-8(3-4-11)10(12)9(6-7)13-2/h5-6,12H,3H2,1-2H3. The van der Waals surface area contributed by atoms with Crippen LogP contribution in [0.3, 0.4) is 0 Å². The molecule has 0 saturated heterocycles. The molecule has 0 radical (unpaired) electrons. The van der Waals surface area contributed by atoms with Crippen molar-refractivity contribution in [2.45, 2.75) is 13.3 Å². The highest BCUT2D eigenvalue weighted by Crippen LogP contribution is 2.31. The minimum Gasteiger partial charge on any atom is -0.504 e. The molecule has 1 N–H and O–H groups in total. The minimum absolute atomic E-state index is 0.0645. The van der Waals surface area contributed by atoms with Gasteiger partial charge in [0, 0.05) is 5.56 Å². The van der Waals surface area contributed by atoms with Crippen molar-refractivity contribution in [3.63, 3.8) is 0 Å². The molecule has 68 valence electrons. The van der Waals surface area contributed by atoms with Crippen LogP contribution in [-0.4, -0.2) is 12.2 Å². The van der Waals surface area contributed by atoms with Gasteiger partial charge < -0.3 is 9.84 Å². The molecule has 0 amide bonds. The van der Waals surface area contributed by atoms with Crippen molar-refractivity contribution in [2.24, 2.45) is 0 Å². The van der Waals surface area contributed by atoms with Crippen molar-refractivity contribution in [2.75, 3.05) is 7.11 Å². The van der Waals surface area contributed by atoms with E-state index in [9.17, 15) is 5.11 Å². The van der Waals surface area contributed by atoms with Gasteiger partial charge in [0.2, 0.25) is 0 Å². The highest BCUT2D eigenvalue weighted by Gasteiger charge is 2.07. The summed E-state index contributed by atoms with van der Waals surface area (Å²) in [7, 11) is 1.49. The zero-order valence-electron chi connectivity index (χ0n) is 7.66. The van der Waals surface area contributed by atoms with Crippen LogP contribution in [0.2, 0.25) is 0 Å². The molecule has 0 saturated carbocycles. The Morgan fingerprint density at radius 3 is 2.77 bits per heavy atom. The van der Waals surface area contributed by atoms with E-state index in [0.29, 0.717) is 11.3 Å². The number of nitriles is 1. The second-order valence-electron chi connectivity index (χ2n) is 2.81. The lowest BCUT2D eigenvalue weighted by Gasteiger charge is -2.07. The Morgan fingerprint density at radius 1 is 1.54 bits per heavy atom. The predicted molar refractivity (Wildman–Crippen MR) is 48.7 cm³/mol. The second kappa shape index (κ2) is 3.81. The third kappa shape index (κ3) is 1.91. The summed E-state index contributed by atoms with van der Waals surface area (Å²) in [6.07, 6.45) is 0.198. The van der Waals surface area contributed by atoms with Crippen molar-refractivity contribution in [1.82, 2.24) is 0 Å². The average molecular weight is 177 g/mol. The summed E-state index contributed by atoms with van der Waals surface area (Å²) in [5.74, 6) is 0.486. The van der Waals surface area contributed by atoms with Crippen LogP contribution < -0.4 is 4.74 Å². The molecular formula is C10H11NO2. The Labute approximate surface area is 77.2 Å². The van der Waals surface area contributed by atoms with E-state index in [4.69, 9.17) is 10.00 Å². The second-order valence-corrected chi connectivity index (χ2v) is 2.81. The summed E-state index contributed by atoms with van der Waals surface area (Å²) >= 11 is 0. The molecule has 0 heterocycles. The summed E-state index contributed by atoms with van der Waals surface area (Å²) in [6.45, 7) is 1.89. The number of nitrogens with zero attached hydrogens (tertiary/aromatic N) is 1. The van der Waals surface area contributed by atoms with Gasteiger partial charge in [0.15, 0.2) is 11.5 Å². The zero-order chi connectivity index (χ0) is 9.84. The monoisotopic (exact) mass is 177 g/mol. The maximum atomic E-state index is 9.57. The van der Waals surface area contributed by atoms with Crippen molar-refractivity contribution in [1.29, 1.82) is 5.26 Å². The van der Waals surface area contributed by atoms with Gasteiger partial charge in [0.25, 0.3) is 0 Å². The van der Waals surface area contributed by atoms with Crippen LogP contribution in [0, 0.1) is 18.3 Å². The fourth-order valence-electron chi connectivity index (χ4n) is 1.19. The number of phenols is 1. The molecule has 0 fully saturated rings. The first-order valence-electron chi connectivity index (χ1n) is 3.92. The highest BCUT2D eigenvalue weighted by atomic mass is 16.5. The lowest BCUT2D eigenvalue weighted by molar-refractivity contribution is 0.371. The third-order valence-corrected chi connectivity index (χ3v) is 1.79. The van der Waals surface area contributed by atoms with Crippen LogP contribution in [-0.2, 0) is 6.42 Å². The topological polar surface area (TPSA) is 53.2 Å². The number of rotatable bonds is 2. The summed E-state index contributed by atoms with van der Waals surface area (Å²) in [4.78, 5) is 0. The van der Waals surface area contributed by atoms with Gasteiger partial charge in [0.1, 0.15) is 0 Å². The van der Waals surface area contributed by atoms with E-state index in [-0.39, 0.29) is 12.2 Å². The van der Waals surface area contributed by atoms with E-state index in [1.165, 1.54) is 7.11 Å². The lowest BCUT2D eigenvalue weighted by atomic mass is 10.1. The number of aromatic hydroxyl groups is 1. The van der Waals surface area contributed by atoms with Crippen molar-refractivity contribution in [3.05, 3.63) is 23.3 Å². The SMILES string of the molecule is COc1cc(C)cc(CC#N)c1O. The molecule has 0 bridgehead atoms. The molecule has 1 rings (SSSR count). The van der Waals surface area contributed by atoms with E-state index in [0.717, 1.165) is 5.56 Å². The van der Waals surface area contributed by atoms with Gasteiger partial charge in [-0.2, -0.15) is 5.26 Å². The van der Waals surface area contributed by atoms with Crippen LogP contribution in [0.25, 0.3) is 0 Å². The predicted octanol–water partition coefficient (Wildman–Crippen LogP) is 1.78. The number of benzene rings is 1. The Morgan fingerprint density at radius 2 is 2.23 bits per heavy atom. The van der Waals surface area contributed by atoms with Gasteiger partial charge in [-0.15, -0.1) is 0 Å². The summed E-state index contributed by atoms with van der Waals surface area (Å²) < 4.78 is 4.95. The Bertz CT molecular complexity index is 353. The molecule has 0 atom stereocenters. The molecule has 0 spiro atoms. The Kier molecular flexibility index (Phi) is 2.76. The smallest absolute Gasteiger partial charge is 0.161 e.